The number of fused-ring (bicyclic) bond motifs is 1. The van der Waals surface area contributed by atoms with Crippen LogP contribution >= 0.6 is 0 Å². The molecule has 2 aromatic carbocycles. The smallest absolute Gasteiger partial charge is 0.229 e. The lowest BCUT2D eigenvalue weighted by Crippen LogP contribution is -2.60. The fourth-order valence-electron chi connectivity index (χ4n) is 5.77. The average molecular weight is 581 g/mol. The van der Waals surface area contributed by atoms with Gasteiger partial charge >= 0.3 is 0 Å². The van der Waals surface area contributed by atoms with Crippen LogP contribution in [0.5, 0.6) is 34.5 Å². The summed E-state index contributed by atoms with van der Waals surface area (Å²) in [6.45, 7) is 0.241. The molecule has 13 heteroatoms. The summed E-state index contributed by atoms with van der Waals surface area (Å²) in [5.41, 5.74) is 1.55. The van der Waals surface area contributed by atoms with E-state index >= 15 is 0 Å². The fourth-order valence-corrected chi connectivity index (χ4v) is 5.77. The lowest BCUT2D eigenvalue weighted by atomic mass is 9.84. The number of rotatable bonds is 9. The Balaban J connectivity index is 1.40. The number of phenolic OH excluding ortho intramolecular Hbond substituents is 1. The molecule has 0 radical (unpaired) electrons. The maximum Gasteiger partial charge on any atom is 0.229 e. The Morgan fingerprint density at radius 3 is 1.61 bits per heavy atom. The minimum absolute atomic E-state index is 0.000914. The van der Waals surface area contributed by atoms with Crippen molar-refractivity contribution in [1.82, 2.24) is 0 Å². The first kappa shape index (κ1) is 29.5. The predicted octanol–water partition coefficient (Wildman–Crippen LogP) is 0.680. The molecular formula is C28H36O13. The Morgan fingerprint density at radius 2 is 1.17 bits per heavy atom. The molecule has 41 heavy (non-hydrogen) atoms. The Bertz CT molecular complexity index is 1170. The fraction of sp³-hybridized carbons (Fsp3) is 0.571. The Hall–Kier alpha value is -3.04. The van der Waals surface area contributed by atoms with Gasteiger partial charge in [0, 0.05) is 11.8 Å². The van der Waals surface area contributed by atoms with E-state index in [-0.39, 0.29) is 58.5 Å². The van der Waals surface area contributed by atoms with E-state index in [9.17, 15) is 25.5 Å². The van der Waals surface area contributed by atoms with Gasteiger partial charge in [0.15, 0.2) is 23.0 Å². The molecule has 9 atom stereocenters. The van der Waals surface area contributed by atoms with Gasteiger partial charge in [-0.25, -0.2) is 0 Å². The van der Waals surface area contributed by atoms with Gasteiger partial charge in [-0.15, -0.1) is 0 Å². The van der Waals surface area contributed by atoms with Gasteiger partial charge in [-0.2, -0.15) is 0 Å². The quantitative estimate of drug-likeness (QED) is 0.280. The normalized spacial score (nSPS) is 32.8. The van der Waals surface area contributed by atoms with Crippen molar-refractivity contribution in [2.75, 3.05) is 48.3 Å². The summed E-state index contributed by atoms with van der Waals surface area (Å²) >= 11 is 0. The second kappa shape index (κ2) is 12.1. The minimum Gasteiger partial charge on any atom is -0.502 e. The van der Waals surface area contributed by atoms with Crippen molar-refractivity contribution in [3.05, 3.63) is 35.4 Å². The van der Waals surface area contributed by atoms with Crippen LogP contribution < -0.4 is 23.7 Å². The molecule has 0 spiro atoms. The third-order valence-corrected chi connectivity index (χ3v) is 7.99. The molecule has 2 aromatic rings. The van der Waals surface area contributed by atoms with Gasteiger partial charge in [0.25, 0.3) is 0 Å². The summed E-state index contributed by atoms with van der Waals surface area (Å²) in [4.78, 5) is 0. The van der Waals surface area contributed by atoms with Gasteiger partial charge in [-0.1, -0.05) is 0 Å². The second-order valence-electron chi connectivity index (χ2n) is 10.2. The van der Waals surface area contributed by atoms with Crippen LogP contribution in [0.3, 0.4) is 0 Å². The number of hydrogen-bond acceptors (Lipinski definition) is 13. The van der Waals surface area contributed by atoms with Crippen molar-refractivity contribution >= 4 is 0 Å². The zero-order valence-electron chi connectivity index (χ0n) is 23.1. The van der Waals surface area contributed by atoms with Gasteiger partial charge in [-0.05, 0) is 35.4 Å². The summed E-state index contributed by atoms with van der Waals surface area (Å²) in [6.07, 6.45) is -7.96. The van der Waals surface area contributed by atoms with Crippen LogP contribution in [0.15, 0.2) is 24.3 Å². The summed E-state index contributed by atoms with van der Waals surface area (Å²) in [7, 11) is 5.82. The molecule has 13 nitrogen and oxygen atoms in total. The molecule has 0 aromatic heterocycles. The molecule has 3 heterocycles. The Labute approximate surface area is 236 Å². The zero-order valence-corrected chi connectivity index (χ0v) is 23.1. The van der Waals surface area contributed by atoms with Crippen molar-refractivity contribution < 1.29 is 63.4 Å². The number of ether oxygens (including phenoxy) is 8. The summed E-state index contributed by atoms with van der Waals surface area (Å²) in [6, 6.07) is 6.93. The van der Waals surface area contributed by atoms with Crippen LogP contribution in [0, 0.1) is 11.8 Å². The van der Waals surface area contributed by atoms with Gasteiger partial charge in [-0.3, -0.25) is 0 Å². The molecule has 3 saturated heterocycles. The molecule has 0 amide bonds. The molecule has 226 valence electrons. The lowest BCUT2D eigenvalue weighted by Gasteiger charge is -2.39. The summed E-state index contributed by atoms with van der Waals surface area (Å²) in [5, 5.41) is 50.5. The molecule has 3 aliphatic rings. The van der Waals surface area contributed by atoms with Crippen molar-refractivity contribution in [1.29, 1.82) is 0 Å². The van der Waals surface area contributed by atoms with Crippen LogP contribution in [0.1, 0.15) is 23.3 Å². The van der Waals surface area contributed by atoms with E-state index in [1.807, 2.05) is 0 Å². The van der Waals surface area contributed by atoms with Gasteiger partial charge in [0.2, 0.25) is 17.8 Å². The molecule has 0 bridgehead atoms. The topological polar surface area (TPSA) is 175 Å². The zero-order chi connectivity index (χ0) is 29.4. The number of aliphatic hydroxyl groups excluding tert-OH is 4. The lowest BCUT2D eigenvalue weighted by molar-refractivity contribution is -0.277. The van der Waals surface area contributed by atoms with E-state index in [0.717, 1.165) is 11.1 Å². The monoisotopic (exact) mass is 580 g/mol. The molecule has 5 N–H and O–H groups in total. The number of hydrogen-bond donors (Lipinski definition) is 5. The molecule has 0 saturated carbocycles. The van der Waals surface area contributed by atoms with Gasteiger partial charge in [0.05, 0.1) is 60.5 Å². The number of phenols is 1. The second-order valence-corrected chi connectivity index (χ2v) is 10.2. The molecule has 0 aliphatic carbocycles. The number of aliphatic hydroxyl groups is 4. The van der Waals surface area contributed by atoms with Crippen molar-refractivity contribution in [3.8, 4) is 34.5 Å². The van der Waals surface area contributed by atoms with Crippen molar-refractivity contribution in [2.45, 2.75) is 42.9 Å². The van der Waals surface area contributed by atoms with Gasteiger partial charge < -0.3 is 63.4 Å². The van der Waals surface area contributed by atoms with E-state index in [2.05, 4.69) is 0 Å². The highest BCUT2D eigenvalue weighted by atomic mass is 16.7. The van der Waals surface area contributed by atoms with Crippen LogP contribution in [0.25, 0.3) is 0 Å². The Kier molecular flexibility index (Phi) is 8.66. The van der Waals surface area contributed by atoms with E-state index < -0.39 is 37.3 Å². The molecular weight excluding hydrogens is 544 g/mol. The first-order valence-electron chi connectivity index (χ1n) is 13.2. The third-order valence-electron chi connectivity index (χ3n) is 7.99. The highest BCUT2D eigenvalue weighted by Gasteiger charge is 2.49. The maximum absolute atomic E-state index is 10.5. The highest BCUT2D eigenvalue weighted by Crippen LogP contribution is 2.53. The van der Waals surface area contributed by atoms with E-state index in [4.69, 9.17) is 37.9 Å². The first-order valence-corrected chi connectivity index (χ1v) is 13.2. The molecule has 3 aliphatic heterocycles. The standard InChI is InChI=1S/C28H36O13/c1-34-16-5-12(6-17(35-2)21(16)30)25-14-10-39-26(15(14)11-38-25)13-7-18(36-3)27(19(8-13)37-4)41-28-24(33)23(32)22(31)20(9-29)40-28/h5-8,14-15,20,22-26,28-33H,9-11H2,1-4H3/t14-,15-,20-,22-,23+,24-,25+,26+,28+/m0/s1. The van der Waals surface area contributed by atoms with Crippen LogP contribution in [0.2, 0.25) is 0 Å². The highest BCUT2D eigenvalue weighted by molar-refractivity contribution is 5.55. The summed E-state index contributed by atoms with van der Waals surface area (Å²) < 4.78 is 45.7. The molecule has 3 fully saturated rings. The predicted molar refractivity (Wildman–Crippen MR) is 140 cm³/mol. The largest absolute Gasteiger partial charge is 0.502 e. The van der Waals surface area contributed by atoms with Crippen molar-refractivity contribution in [3.63, 3.8) is 0 Å². The van der Waals surface area contributed by atoms with E-state index in [0.29, 0.717) is 13.2 Å². The SMILES string of the molecule is COc1cc([C@H]2OC[C@H]3[C@@H]2CO[C@@H]3c2cc(OC)c(O[C@H]3O[C@@H](CO)[C@H](O)[C@@H](O)[C@@H]3O)c(OC)c2)cc(OC)c1O. The number of aromatic hydroxyl groups is 1. The third kappa shape index (κ3) is 5.23. The van der Waals surface area contributed by atoms with E-state index in [1.54, 1.807) is 24.3 Å². The van der Waals surface area contributed by atoms with Gasteiger partial charge in [0.1, 0.15) is 24.4 Å². The minimum atomic E-state index is -1.61. The Morgan fingerprint density at radius 1 is 0.707 bits per heavy atom. The van der Waals surface area contributed by atoms with Crippen molar-refractivity contribution in [2.24, 2.45) is 11.8 Å². The van der Waals surface area contributed by atoms with E-state index in [1.165, 1.54) is 28.4 Å². The van der Waals surface area contributed by atoms with Crippen LogP contribution in [-0.4, -0.2) is 104 Å². The number of benzene rings is 2. The summed E-state index contributed by atoms with van der Waals surface area (Å²) in [5.74, 6) is 1.08. The average Bonchev–Trinajstić information content (AvgIpc) is 3.60. The number of methoxy groups -OCH3 is 4. The first-order chi connectivity index (χ1) is 19.8. The van der Waals surface area contributed by atoms with Crippen LogP contribution in [0.4, 0.5) is 0 Å². The molecule has 5 rings (SSSR count). The maximum atomic E-state index is 10.5. The van der Waals surface area contributed by atoms with Crippen LogP contribution in [-0.2, 0) is 14.2 Å². The molecule has 0 unspecified atom stereocenters.